The van der Waals surface area contributed by atoms with Gasteiger partial charge in [-0.3, -0.25) is 14.9 Å². The third kappa shape index (κ3) is 4.29. The highest BCUT2D eigenvalue weighted by molar-refractivity contribution is 5.77. The summed E-state index contributed by atoms with van der Waals surface area (Å²) < 4.78 is 11.3. The van der Waals surface area contributed by atoms with Crippen molar-refractivity contribution < 1.29 is 19.2 Å². The van der Waals surface area contributed by atoms with Gasteiger partial charge in [0.1, 0.15) is 5.75 Å². The molecule has 0 aliphatic carbocycles. The van der Waals surface area contributed by atoms with Crippen molar-refractivity contribution in [1.29, 1.82) is 0 Å². The molecule has 0 spiro atoms. The molecular weight excluding hydrogens is 378 g/mol. The van der Waals surface area contributed by atoms with Crippen LogP contribution in [0.3, 0.4) is 0 Å². The van der Waals surface area contributed by atoms with Crippen LogP contribution < -0.4 is 15.0 Å². The zero-order valence-electron chi connectivity index (χ0n) is 15.6. The number of aromatic nitrogens is 2. The first kappa shape index (κ1) is 19.7. The summed E-state index contributed by atoms with van der Waals surface area (Å²) in [5.41, 5.74) is 0.286. The summed E-state index contributed by atoms with van der Waals surface area (Å²) in [5.74, 6) is -0.436. The van der Waals surface area contributed by atoms with Crippen molar-refractivity contribution in [3.63, 3.8) is 0 Å². The number of ether oxygens (including phenoxy) is 2. The summed E-state index contributed by atoms with van der Waals surface area (Å²) in [7, 11) is 1.54. The summed E-state index contributed by atoms with van der Waals surface area (Å²) in [4.78, 5) is 35.2. The van der Waals surface area contributed by atoms with Crippen LogP contribution in [0.5, 0.6) is 11.5 Å². The first-order chi connectivity index (χ1) is 13.9. The lowest BCUT2D eigenvalue weighted by Gasteiger charge is -2.14. The normalized spacial score (nSPS) is 11.5. The molecule has 0 bridgehead atoms. The second-order valence-corrected chi connectivity index (χ2v) is 6.06. The van der Waals surface area contributed by atoms with E-state index < -0.39 is 22.5 Å². The third-order valence-electron chi connectivity index (χ3n) is 4.17. The van der Waals surface area contributed by atoms with E-state index in [0.29, 0.717) is 17.0 Å². The summed E-state index contributed by atoms with van der Waals surface area (Å²) >= 11 is 0. The van der Waals surface area contributed by atoms with Gasteiger partial charge in [0.2, 0.25) is 5.75 Å². The van der Waals surface area contributed by atoms with E-state index in [-0.39, 0.29) is 11.4 Å². The molecule has 9 nitrogen and oxygen atoms in total. The van der Waals surface area contributed by atoms with Crippen molar-refractivity contribution in [3.8, 4) is 22.8 Å². The Hall–Kier alpha value is -4.01. The molecule has 0 radical (unpaired) electrons. The van der Waals surface area contributed by atoms with Gasteiger partial charge < -0.3 is 9.47 Å². The van der Waals surface area contributed by atoms with Gasteiger partial charge in [-0.25, -0.2) is 9.48 Å². The molecule has 148 valence electrons. The second-order valence-electron chi connectivity index (χ2n) is 6.06. The number of esters is 1. The van der Waals surface area contributed by atoms with Crippen LogP contribution in [-0.4, -0.2) is 27.8 Å². The van der Waals surface area contributed by atoms with Crippen molar-refractivity contribution >= 4 is 11.7 Å². The molecule has 9 heteroatoms. The topological polar surface area (TPSA) is 114 Å². The summed E-state index contributed by atoms with van der Waals surface area (Å²) in [6, 6.07) is 14.3. The number of carbonyl (C=O) groups is 1. The molecule has 0 fully saturated rings. The molecule has 1 unspecified atom stereocenters. The Kier molecular flexibility index (Phi) is 5.68. The van der Waals surface area contributed by atoms with Crippen LogP contribution >= 0.6 is 0 Å². The number of methoxy groups -OCH3 is 1. The largest absolute Gasteiger partial charge is 0.497 e. The maximum Gasteiger partial charge on any atom is 0.336 e. The van der Waals surface area contributed by atoms with Crippen molar-refractivity contribution in [3.05, 3.63) is 81.1 Å². The molecule has 0 aliphatic heterocycles. The molecule has 2 aromatic carbocycles. The zero-order chi connectivity index (χ0) is 21.0. The average Bonchev–Trinajstić information content (AvgIpc) is 2.73. The Bertz CT molecular complexity index is 1120. The molecule has 0 aliphatic rings. The van der Waals surface area contributed by atoms with Gasteiger partial charge >= 0.3 is 11.7 Å². The fraction of sp³-hybridized carbons (Fsp3) is 0.150. The predicted molar refractivity (Wildman–Crippen MR) is 104 cm³/mol. The second kappa shape index (κ2) is 8.34. The SMILES string of the molecule is COc1cccc(-c2ccc(=O)n(C(C)C(=O)Oc3ccccc3[N+](=O)[O-])n2)c1. The van der Waals surface area contributed by atoms with E-state index in [9.17, 15) is 19.7 Å². The predicted octanol–water partition coefficient (Wildman–Crippen LogP) is 2.99. The number of nitrogens with zero attached hydrogens (tertiary/aromatic N) is 3. The van der Waals surface area contributed by atoms with Crippen LogP contribution in [0, 0.1) is 10.1 Å². The molecule has 1 aromatic heterocycles. The minimum Gasteiger partial charge on any atom is -0.497 e. The third-order valence-corrected chi connectivity index (χ3v) is 4.17. The smallest absolute Gasteiger partial charge is 0.336 e. The van der Waals surface area contributed by atoms with E-state index in [0.717, 1.165) is 4.68 Å². The fourth-order valence-electron chi connectivity index (χ4n) is 2.63. The molecule has 3 aromatic rings. The number of nitro groups is 1. The van der Waals surface area contributed by atoms with Crippen molar-refractivity contribution in [1.82, 2.24) is 9.78 Å². The average molecular weight is 395 g/mol. The molecule has 0 amide bonds. The van der Waals surface area contributed by atoms with E-state index in [1.54, 1.807) is 24.3 Å². The first-order valence-corrected chi connectivity index (χ1v) is 8.60. The van der Waals surface area contributed by atoms with Gasteiger partial charge in [-0.15, -0.1) is 0 Å². The number of hydrogen-bond donors (Lipinski definition) is 0. The lowest BCUT2D eigenvalue weighted by atomic mass is 10.1. The Morgan fingerprint density at radius 1 is 1.14 bits per heavy atom. The van der Waals surface area contributed by atoms with Crippen LogP contribution in [0.15, 0.2) is 65.5 Å². The van der Waals surface area contributed by atoms with Gasteiger partial charge in [-0.05, 0) is 31.2 Å². The molecule has 29 heavy (non-hydrogen) atoms. The highest BCUT2D eigenvalue weighted by Crippen LogP contribution is 2.27. The summed E-state index contributed by atoms with van der Waals surface area (Å²) in [6.45, 7) is 1.43. The number of nitro benzene ring substituents is 1. The maximum atomic E-state index is 12.5. The first-order valence-electron chi connectivity index (χ1n) is 8.60. The Morgan fingerprint density at radius 2 is 1.90 bits per heavy atom. The van der Waals surface area contributed by atoms with Gasteiger partial charge in [-0.2, -0.15) is 5.10 Å². The Balaban J connectivity index is 1.91. The van der Waals surface area contributed by atoms with Crippen LogP contribution in [0.25, 0.3) is 11.3 Å². The van der Waals surface area contributed by atoms with Crippen LogP contribution in [-0.2, 0) is 4.79 Å². The van der Waals surface area contributed by atoms with E-state index in [1.807, 2.05) is 0 Å². The quantitative estimate of drug-likeness (QED) is 0.273. The molecule has 1 heterocycles. The van der Waals surface area contributed by atoms with Crippen molar-refractivity contribution in [2.45, 2.75) is 13.0 Å². The summed E-state index contributed by atoms with van der Waals surface area (Å²) in [6.07, 6.45) is 0. The highest BCUT2D eigenvalue weighted by atomic mass is 16.6. The molecule has 0 N–H and O–H groups in total. The molecule has 0 saturated carbocycles. The van der Waals surface area contributed by atoms with Crippen molar-refractivity contribution in [2.75, 3.05) is 7.11 Å². The van der Waals surface area contributed by atoms with Crippen LogP contribution in [0.2, 0.25) is 0 Å². The number of para-hydroxylation sites is 2. The van der Waals surface area contributed by atoms with Gasteiger partial charge in [0, 0.05) is 17.7 Å². The monoisotopic (exact) mass is 395 g/mol. The van der Waals surface area contributed by atoms with E-state index in [4.69, 9.17) is 9.47 Å². The minimum atomic E-state index is -1.10. The van der Waals surface area contributed by atoms with E-state index in [1.165, 1.54) is 50.4 Å². The van der Waals surface area contributed by atoms with Gasteiger partial charge in [-0.1, -0.05) is 24.3 Å². The van der Waals surface area contributed by atoms with E-state index in [2.05, 4.69) is 5.10 Å². The van der Waals surface area contributed by atoms with Crippen molar-refractivity contribution in [2.24, 2.45) is 0 Å². The number of carbonyl (C=O) groups excluding carboxylic acids is 1. The minimum absolute atomic E-state index is 0.202. The standard InChI is InChI=1S/C20H17N3O6/c1-13(20(25)29-18-9-4-3-8-17(18)23(26)27)22-19(24)11-10-16(21-22)14-6-5-7-15(12-14)28-2/h3-13H,1-2H3. The maximum absolute atomic E-state index is 12.5. The van der Waals surface area contributed by atoms with Gasteiger partial charge in [0.15, 0.2) is 6.04 Å². The molecular formula is C20H17N3O6. The van der Waals surface area contributed by atoms with Gasteiger partial charge in [0.05, 0.1) is 17.7 Å². The van der Waals surface area contributed by atoms with Crippen LogP contribution in [0.1, 0.15) is 13.0 Å². The fourth-order valence-corrected chi connectivity index (χ4v) is 2.63. The molecule has 0 saturated heterocycles. The zero-order valence-corrected chi connectivity index (χ0v) is 15.6. The number of benzene rings is 2. The molecule has 3 rings (SSSR count). The van der Waals surface area contributed by atoms with E-state index >= 15 is 0 Å². The number of rotatable bonds is 6. The number of hydrogen-bond acceptors (Lipinski definition) is 7. The van der Waals surface area contributed by atoms with Crippen LogP contribution in [0.4, 0.5) is 5.69 Å². The Morgan fingerprint density at radius 3 is 2.62 bits per heavy atom. The highest BCUT2D eigenvalue weighted by Gasteiger charge is 2.24. The Labute approximate surface area is 165 Å². The lowest BCUT2D eigenvalue weighted by molar-refractivity contribution is -0.385. The summed E-state index contributed by atoms with van der Waals surface area (Å²) in [5, 5.41) is 15.3. The lowest BCUT2D eigenvalue weighted by Crippen LogP contribution is -2.32. The van der Waals surface area contributed by atoms with Gasteiger partial charge in [0.25, 0.3) is 5.56 Å². The molecule has 1 atom stereocenters.